The highest BCUT2D eigenvalue weighted by atomic mass is 32.2. The molecule has 0 spiro atoms. The Hall–Kier alpha value is -1.40. The molecular weight excluding hydrogens is 266 g/mol. The Bertz CT molecular complexity index is 568. The SMILES string of the molecule is O=C(CC1CCS(=O)(=O)C1)Nc1cccc(CO)c1. The van der Waals surface area contributed by atoms with Crippen molar-refractivity contribution in [2.75, 3.05) is 16.8 Å². The van der Waals surface area contributed by atoms with Gasteiger partial charge in [0, 0.05) is 12.1 Å². The minimum Gasteiger partial charge on any atom is -0.392 e. The molecule has 104 valence electrons. The average Bonchev–Trinajstić information content (AvgIpc) is 2.68. The molecule has 6 heteroatoms. The van der Waals surface area contributed by atoms with Gasteiger partial charge in [0.15, 0.2) is 9.84 Å². The number of carbonyl (C=O) groups is 1. The Morgan fingerprint density at radius 1 is 1.42 bits per heavy atom. The first-order valence-electron chi connectivity index (χ1n) is 6.18. The van der Waals surface area contributed by atoms with Crippen LogP contribution in [0.4, 0.5) is 5.69 Å². The van der Waals surface area contributed by atoms with Gasteiger partial charge in [-0.2, -0.15) is 0 Å². The lowest BCUT2D eigenvalue weighted by atomic mass is 10.0. The molecule has 1 aromatic rings. The van der Waals surface area contributed by atoms with Crippen molar-refractivity contribution < 1.29 is 18.3 Å². The first-order valence-corrected chi connectivity index (χ1v) is 8.01. The van der Waals surface area contributed by atoms with E-state index >= 15 is 0 Å². The van der Waals surface area contributed by atoms with Gasteiger partial charge in [-0.15, -0.1) is 0 Å². The second kappa shape index (κ2) is 5.71. The molecule has 2 N–H and O–H groups in total. The largest absolute Gasteiger partial charge is 0.392 e. The van der Waals surface area contributed by atoms with Crippen LogP contribution in [0, 0.1) is 5.92 Å². The lowest BCUT2D eigenvalue weighted by Crippen LogP contribution is -2.17. The van der Waals surface area contributed by atoms with Crippen molar-refractivity contribution in [3.63, 3.8) is 0 Å². The number of anilines is 1. The Balaban J connectivity index is 1.91. The van der Waals surface area contributed by atoms with Crippen LogP contribution in [0.3, 0.4) is 0 Å². The number of aliphatic hydroxyl groups excluding tert-OH is 1. The van der Waals surface area contributed by atoms with Crippen LogP contribution in [-0.2, 0) is 21.2 Å². The second-order valence-corrected chi connectivity index (χ2v) is 7.11. The summed E-state index contributed by atoms with van der Waals surface area (Å²) in [6.45, 7) is -0.0788. The van der Waals surface area contributed by atoms with E-state index in [4.69, 9.17) is 5.11 Å². The van der Waals surface area contributed by atoms with E-state index in [2.05, 4.69) is 5.32 Å². The van der Waals surface area contributed by atoms with Gasteiger partial charge in [0.05, 0.1) is 18.1 Å². The second-order valence-electron chi connectivity index (χ2n) is 4.88. The van der Waals surface area contributed by atoms with Crippen LogP contribution in [-0.4, -0.2) is 30.9 Å². The van der Waals surface area contributed by atoms with Crippen molar-refractivity contribution >= 4 is 21.4 Å². The van der Waals surface area contributed by atoms with Crippen molar-refractivity contribution in [1.82, 2.24) is 0 Å². The molecule has 1 heterocycles. The number of rotatable bonds is 4. The van der Waals surface area contributed by atoms with Gasteiger partial charge in [-0.25, -0.2) is 8.42 Å². The number of carbonyl (C=O) groups excluding carboxylic acids is 1. The summed E-state index contributed by atoms with van der Waals surface area (Å²) in [5.74, 6) is 0.0328. The highest BCUT2D eigenvalue weighted by Crippen LogP contribution is 2.22. The number of hydrogen-bond donors (Lipinski definition) is 2. The first-order chi connectivity index (χ1) is 8.98. The zero-order chi connectivity index (χ0) is 13.9. The molecule has 1 saturated heterocycles. The molecule has 1 aliphatic rings. The summed E-state index contributed by atoms with van der Waals surface area (Å²) >= 11 is 0. The van der Waals surface area contributed by atoms with E-state index in [0.717, 1.165) is 5.56 Å². The van der Waals surface area contributed by atoms with Gasteiger partial charge in [-0.1, -0.05) is 12.1 Å². The van der Waals surface area contributed by atoms with Crippen molar-refractivity contribution in [3.05, 3.63) is 29.8 Å². The van der Waals surface area contributed by atoms with E-state index < -0.39 is 9.84 Å². The molecule has 1 fully saturated rings. The molecule has 19 heavy (non-hydrogen) atoms. The van der Waals surface area contributed by atoms with E-state index in [0.29, 0.717) is 12.1 Å². The van der Waals surface area contributed by atoms with Crippen LogP contribution in [0.1, 0.15) is 18.4 Å². The van der Waals surface area contributed by atoms with Gasteiger partial charge in [-0.3, -0.25) is 4.79 Å². The Morgan fingerprint density at radius 2 is 2.21 bits per heavy atom. The summed E-state index contributed by atoms with van der Waals surface area (Å²) in [6.07, 6.45) is 0.787. The van der Waals surface area contributed by atoms with Crippen LogP contribution in [0.5, 0.6) is 0 Å². The third-order valence-electron chi connectivity index (χ3n) is 3.19. The van der Waals surface area contributed by atoms with Crippen molar-refractivity contribution in [3.8, 4) is 0 Å². The summed E-state index contributed by atoms with van der Waals surface area (Å²) in [5.41, 5.74) is 1.35. The van der Waals surface area contributed by atoms with Crippen LogP contribution >= 0.6 is 0 Å². The average molecular weight is 283 g/mol. The van der Waals surface area contributed by atoms with Crippen LogP contribution < -0.4 is 5.32 Å². The predicted molar refractivity (Wildman–Crippen MR) is 72.4 cm³/mol. The Labute approximate surface area is 112 Å². The summed E-state index contributed by atoms with van der Waals surface area (Å²) in [6, 6.07) is 6.95. The maximum atomic E-state index is 11.8. The fourth-order valence-corrected chi connectivity index (χ4v) is 4.12. The van der Waals surface area contributed by atoms with E-state index in [1.807, 2.05) is 0 Å². The first kappa shape index (κ1) is 14.0. The molecule has 0 aliphatic carbocycles. The number of benzene rings is 1. The maximum absolute atomic E-state index is 11.8. The summed E-state index contributed by atoms with van der Waals surface area (Å²) in [5, 5.41) is 11.7. The van der Waals surface area contributed by atoms with E-state index in [1.54, 1.807) is 24.3 Å². The van der Waals surface area contributed by atoms with Gasteiger partial charge in [0.25, 0.3) is 0 Å². The quantitative estimate of drug-likeness (QED) is 0.861. The lowest BCUT2D eigenvalue weighted by molar-refractivity contribution is -0.116. The minimum atomic E-state index is -2.94. The molecule has 1 amide bonds. The molecule has 1 aromatic carbocycles. The van der Waals surface area contributed by atoms with Gasteiger partial charge in [0.1, 0.15) is 0 Å². The maximum Gasteiger partial charge on any atom is 0.224 e. The van der Waals surface area contributed by atoms with Gasteiger partial charge in [-0.05, 0) is 30.0 Å². The molecule has 5 nitrogen and oxygen atoms in total. The van der Waals surface area contributed by atoms with Crippen molar-refractivity contribution in [2.45, 2.75) is 19.4 Å². The number of amides is 1. The lowest BCUT2D eigenvalue weighted by Gasteiger charge is -2.09. The fourth-order valence-electron chi connectivity index (χ4n) is 2.25. The molecule has 1 unspecified atom stereocenters. The molecule has 0 radical (unpaired) electrons. The number of nitrogens with one attached hydrogen (secondary N) is 1. The van der Waals surface area contributed by atoms with Crippen LogP contribution in [0.25, 0.3) is 0 Å². The molecule has 0 saturated carbocycles. The Morgan fingerprint density at radius 3 is 2.84 bits per heavy atom. The molecule has 0 aromatic heterocycles. The molecule has 1 atom stereocenters. The number of aliphatic hydroxyl groups is 1. The van der Waals surface area contributed by atoms with E-state index in [1.165, 1.54) is 0 Å². The highest BCUT2D eigenvalue weighted by molar-refractivity contribution is 7.91. The highest BCUT2D eigenvalue weighted by Gasteiger charge is 2.29. The standard InChI is InChI=1S/C13H17NO4S/c15-8-10-2-1-3-12(6-10)14-13(16)7-11-4-5-19(17,18)9-11/h1-3,6,11,15H,4-5,7-9H2,(H,14,16). The van der Waals surface area contributed by atoms with Gasteiger partial charge in [0.2, 0.25) is 5.91 Å². The van der Waals surface area contributed by atoms with E-state index in [9.17, 15) is 13.2 Å². The van der Waals surface area contributed by atoms with Crippen LogP contribution in [0.2, 0.25) is 0 Å². The van der Waals surface area contributed by atoms with Gasteiger partial charge >= 0.3 is 0 Å². The minimum absolute atomic E-state index is 0.0778. The molecular formula is C13H17NO4S. The molecule has 0 bridgehead atoms. The summed E-state index contributed by atoms with van der Waals surface area (Å²) in [7, 11) is -2.94. The Kier molecular flexibility index (Phi) is 4.21. The third-order valence-corrected chi connectivity index (χ3v) is 5.03. The third kappa shape index (κ3) is 4.04. The van der Waals surface area contributed by atoms with E-state index in [-0.39, 0.29) is 36.4 Å². The van der Waals surface area contributed by atoms with Crippen molar-refractivity contribution in [2.24, 2.45) is 5.92 Å². The van der Waals surface area contributed by atoms with Crippen molar-refractivity contribution in [1.29, 1.82) is 0 Å². The predicted octanol–water partition coefficient (Wildman–Crippen LogP) is 0.942. The summed E-state index contributed by atoms with van der Waals surface area (Å²) in [4.78, 5) is 11.8. The number of sulfone groups is 1. The smallest absolute Gasteiger partial charge is 0.224 e. The number of hydrogen-bond acceptors (Lipinski definition) is 4. The zero-order valence-electron chi connectivity index (χ0n) is 10.5. The molecule has 2 rings (SSSR count). The van der Waals surface area contributed by atoms with Gasteiger partial charge < -0.3 is 10.4 Å². The monoisotopic (exact) mass is 283 g/mol. The van der Waals surface area contributed by atoms with Crippen LogP contribution in [0.15, 0.2) is 24.3 Å². The molecule has 1 aliphatic heterocycles. The fraction of sp³-hybridized carbons (Fsp3) is 0.462. The zero-order valence-corrected chi connectivity index (χ0v) is 11.3. The normalized spacial score (nSPS) is 21.2. The summed E-state index contributed by atoms with van der Waals surface area (Å²) < 4.78 is 22.6. The topological polar surface area (TPSA) is 83.5 Å².